The van der Waals surface area contributed by atoms with Crippen LogP contribution in [0.3, 0.4) is 0 Å². The summed E-state index contributed by atoms with van der Waals surface area (Å²) in [5.74, 6) is -2.05. The van der Waals surface area contributed by atoms with Gasteiger partial charge < -0.3 is 10.4 Å². The van der Waals surface area contributed by atoms with Crippen molar-refractivity contribution < 1.29 is 18.7 Å². The third kappa shape index (κ3) is 3.46. The number of hydrogen-bond acceptors (Lipinski definition) is 3. The first kappa shape index (κ1) is 18.1. The molecule has 5 nitrogen and oxygen atoms in total. The van der Waals surface area contributed by atoms with Gasteiger partial charge in [-0.05, 0) is 25.0 Å². The summed E-state index contributed by atoms with van der Waals surface area (Å²) in [6.07, 6.45) is 2.62. The fourth-order valence-electron chi connectivity index (χ4n) is 2.53. The summed E-state index contributed by atoms with van der Waals surface area (Å²) in [4.78, 5) is 12.4. The summed E-state index contributed by atoms with van der Waals surface area (Å²) < 4.78 is 27.9. The number of halogens is 2. The number of aliphatic hydroxyl groups excluding tert-OH is 1. The average Bonchev–Trinajstić information content (AvgIpc) is 3.05. The zero-order valence-corrected chi connectivity index (χ0v) is 13.7. The van der Waals surface area contributed by atoms with Gasteiger partial charge in [0.25, 0.3) is 5.91 Å². The molecule has 3 N–H and O–H groups in total. The minimum absolute atomic E-state index is 0.00862. The molecular formula is C17H21F2N3O2. The normalized spacial score (nSPS) is 11.5. The van der Waals surface area contributed by atoms with Gasteiger partial charge in [0.05, 0.1) is 29.6 Å². The number of carbonyl (C=O) groups excluding carboxylic acids is 1. The highest BCUT2D eigenvalue weighted by atomic mass is 19.1. The molecule has 0 aliphatic carbocycles. The Balaban J connectivity index is 2.26. The highest BCUT2D eigenvalue weighted by molar-refractivity contribution is 5.99. The Morgan fingerprint density at radius 1 is 1.29 bits per heavy atom. The van der Waals surface area contributed by atoms with Gasteiger partial charge in [0, 0.05) is 12.0 Å². The summed E-state index contributed by atoms with van der Waals surface area (Å²) in [6, 6.07) is 3.49. The van der Waals surface area contributed by atoms with Crippen molar-refractivity contribution in [1.29, 1.82) is 0 Å². The van der Waals surface area contributed by atoms with E-state index in [4.69, 9.17) is 0 Å². The van der Waals surface area contributed by atoms with Crippen LogP contribution >= 0.6 is 0 Å². The minimum Gasteiger partial charge on any atom is -0.396 e. The molecule has 0 atom stereocenters. The number of rotatable bonds is 7. The van der Waals surface area contributed by atoms with Gasteiger partial charge in [0.2, 0.25) is 0 Å². The second-order valence-corrected chi connectivity index (χ2v) is 5.80. The molecule has 1 amide bonds. The molecule has 1 aromatic heterocycles. The lowest BCUT2D eigenvalue weighted by Crippen LogP contribution is -2.39. The number of H-pyrrole nitrogens is 1. The van der Waals surface area contributed by atoms with E-state index >= 15 is 0 Å². The fourth-order valence-corrected chi connectivity index (χ4v) is 2.53. The quantitative estimate of drug-likeness (QED) is 0.727. The molecule has 2 rings (SSSR count). The lowest BCUT2D eigenvalue weighted by Gasteiger charge is -2.29. The fraction of sp³-hybridized carbons (Fsp3) is 0.412. The third-order valence-electron chi connectivity index (χ3n) is 4.56. The van der Waals surface area contributed by atoms with Crippen LogP contribution in [0.25, 0.3) is 11.3 Å². The van der Waals surface area contributed by atoms with Gasteiger partial charge in [-0.15, -0.1) is 0 Å². The van der Waals surface area contributed by atoms with Crippen molar-refractivity contribution in [3.05, 3.63) is 41.6 Å². The molecule has 0 unspecified atom stereocenters. The maximum absolute atomic E-state index is 13.9. The van der Waals surface area contributed by atoms with E-state index < -0.39 is 23.0 Å². The molecule has 24 heavy (non-hydrogen) atoms. The van der Waals surface area contributed by atoms with Gasteiger partial charge in [-0.2, -0.15) is 5.10 Å². The summed E-state index contributed by atoms with van der Waals surface area (Å²) in [6.45, 7) is 4.08. The van der Waals surface area contributed by atoms with Crippen LogP contribution in [0.4, 0.5) is 8.78 Å². The topological polar surface area (TPSA) is 78.0 Å². The first-order valence-corrected chi connectivity index (χ1v) is 7.84. The van der Waals surface area contributed by atoms with E-state index in [2.05, 4.69) is 15.5 Å². The van der Waals surface area contributed by atoms with E-state index in [-0.39, 0.29) is 30.0 Å². The molecule has 0 radical (unpaired) electrons. The number of carbonyl (C=O) groups is 1. The van der Waals surface area contributed by atoms with Crippen LogP contribution in [0.2, 0.25) is 0 Å². The largest absolute Gasteiger partial charge is 0.396 e. The summed E-state index contributed by atoms with van der Waals surface area (Å²) >= 11 is 0. The summed E-state index contributed by atoms with van der Waals surface area (Å²) in [7, 11) is 0. The van der Waals surface area contributed by atoms with Gasteiger partial charge >= 0.3 is 0 Å². The Labute approximate surface area is 139 Å². The Morgan fingerprint density at radius 3 is 2.46 bits per heavy atom. The van der Waals surface area contributed by atoms with Crippen molar-refractivity contribution in [3.63, 3.8) is 0 Å². The lowest BCUT2D eigenvalue weighted by molar-refractivity contribution is 0.0851. The number of nitrogens with one attached hydrogen (secondary N) is 2. The molecule has 130 valence electrons. The zero-order chi connectivity index (χ0) is 17.7. The van der Waals surface area contributed by atoms with Crippen LogP contribution in [-0.2, 0) is 0 Å². The van der Waals surface area contributed by atoms with Gasteiger partial charge in [-0.3, -0.25) is 9.89 Å². The Kier molecular flexibility index (Phi) is 5.66. The second-order valence-electron chi connectivity index (χ2n) is 5.80. The van der Waals surface area contributed by atoms with Gasteiger partial charge in [-0.25, -0.2) is 8.78 Å². The number of aliphatic hydroxyl groups is 1. The van der Waals surface area contributed by atoms with Gasteiger partial charge in [0.15, 0.2) is 0 Å². The van der Waals surface area contributed by atoms with Crippen LogP contribution < -0.4 is 5.32 Å². The van der Waals surface area contributed by atoms with Crippen LogP contribution in [-0.4, -0.2) is 34.4 Å². The Hall–Kier alpha value is -2.28. The summed E-state index contributed by atoms with van der Waals surface area (Å²) in [5.41, 5.74) is -0.689. The maximum atomic E-state index is 13.9. The van der Waals surface area contributed by atoms with Crippen molar-refractivity contribution in [2.75, 3.05) is 13.2 Å². The number of amides is 1. The van der Waals surface area contributed by atoms with E-state index in [1.165, 1.54) is 12.3 Å². The predicted molar refractivity (Wildman–Crippen MR) is 86.4 cm³/mol. The standard InChI is InChI=1S/C17H21F2N3O2/c1-3-17(4-2,10-23)9-20-16(24)11-8-21-22-15(11)14-12(18)6-5-7-13(14)19/h5-8,23H,3-4,9-10H2,1-2H3,(H,20,24)(H,21,22). The monoisotopic (exact) mass is 337 g/mol. The van der Waals surface area contributed by atoms with Crippen molar-refractivity contribution in [2.24, 2.45) is 5.41 Å². The van der Waals surface area contributed by atoms with E-state index in [0.29, 0.717) is 12.8 Å². The van der Waals surface area contributed by atoms with Crippen LogP contribution in [0, 0.1) is 17.0 Å². The molecule has 0 bridgehead atoms. The molecule has 0 saturated carbocycles. The van der Waals surface area contributed by atoms with E-state index in [0.717, 1.165) is 12.1 Å². The summed E-state index contributed by atoms with van der Waals surface area (Å²) in [5, 5.41) is 18.5. The first-order valence-electron chi connectivity index (χ1n) is 7.84. The Bertz CT molecular complexity index is 683. The smallest absolute Gasteiger partial charge is 0.255 e. The molecular weight excluding hydrogens is 316 g/mol. The van der Waals surface area contributed by atoms with Crippen molar-refractivity contribution in [3.8, 4) is 11.3 Å². The minimum atomic E-state index is -0.778. The highest BCUT2D eigenvalue weighted by Crippen LogP contribution is 2.28. The number of benzene rings is 1. The number of hydrogen-bond donors (Lipinski definition) is 3. The average molecular weight is 337 g/mol. The van der Waals surface area contributed by atoms with Crippen LogP contribution in [0.1, 0.15) is 37.0 Å². The number of nitrogens with zero attached hydrogens (tertiary/aromatic N) is 1. The molecule has 2 aromatic rings. The van der Waals surface area contributed by atoms with Crippen LogP contribution in [0.5, 0.6) is 0 Å². The van der Waals surface area contributed by atoms with Gasteiger partial charge in [0.1, 0.15) is 11.6 Å². The predicted octanol–water partition coefficient (Wildman–Crippen LogP) is 2.88. The lowest BCUT2D eigenvalue weighted by atomic mass is 9.83. The highest BCUT2D eigenvalue weighted by Gasteiger charge is 2.27. The van der Waals surface area contributed by atoms with Crippen molar-refractivity contribution in [1.82, 2.24) is 15.5 Å². The maximum Gasteiger partial charge on any atom is 0.255 e. The third-order valence-corrected chi connectivity index (χ3v) is 4.56. The molecule has 1 heterocycles. The number of aromatic nitrogens is 2. The first-order chi connectivity index (χ1) is 11.5. The molecule has 0 fully saturated rings. The molecule has 7 heteroatoms. The molecule has 1 aromatic carbocycles. The van der Waals surface area contributed by atoms with Gasteiger partial charge in [-0.1, -0.05) is 19.9 Å². The molecule has 0 spiro atoms. The molecule has 0 saturated heterocycles. The van der Waals surface area contributed by atoms with Crippen LogP contribution in [0.15, 0.2) is 24.4 Å². The zero-order valence-electron chi connectivity index (χ0n) is 13.7. The molecule has 0 aliphatic rings. The van der Waals surface area contributed by atoms with E-state index in [1.54, 1.807) is 0 Å². The SMILES string of the molecule is CCC(CC)(CO)CNC(=O)c1cn[nH]c1-c1c(F)cccc1F. The van der Waals surface area contributed by atoms with Crippen molar-refractivity contribution >= 4 is 5.91 Å². The van der Waals surface area contributed by atoms with E-state index in [9.17, 15) is 18.7 Å². The van der Waals surface area contributed by atoms with E-state index in [1.807, 2.05) is 13.8 Å². The number of aromatic amines is 1. The second kappa shape index (κ2) is 7.53. The Morgan fingerprint density at radius 2 is 1.92 bits per heavy atom. The molecule has 0 aliphatic heterocycles. The van der Waals surface area contributed by atoms with Crippen molar-refractivity contribution in [2.45, 2.75) is 26.7 Å².